The predicted molar refractivity (Wildman–Crippen MR) is 74.4 cm³/mol. The molecule has 0 atom stereocenters. The first-order valence-electron chi connectivity index (χ1n) is 6.03. The van der Waals surface area contributed by atoms with Crippen LogP contribution in [0.5, 0.6) is 0 Å². The number of hydrogen-bond donors (Lipinski definition) is 1. The number of rotatable bonds is 2. The maximum absolute atomic E-state index is 13.1. The van der Waals surface area contributed by atoms with E-state index in [1.54, 1.807) is 36.5 Å². The Bertz CT molecular complexity index is 813. The van der Waals surface area contributed by atoms with Crippen LogP contribution in [0.25, 0.3) is 22.2 Å². The lowest BCUT2D eigenvalue weighted by molar-refractivity contribution is 0.152. The molecule has 0 unspecified atom stereocenters. The molecule has 3 rings (SSSR count). The summed E-state index contributed by atoms with van der Waals surface area (Å²) in [6.07, 6.45) is 4.48. The lowest BCUT2D eigenvalue weighted by atomic mass is 10.0. The van der Waals surface area contributed by atoms with Crippen molar-refractivity contribution in [2.75, 3.05) is 0 Å². The number of pyridine rings is 1. The molecule has 4 heteroatoms. The van der Waals surface area contributed by atoms with Crippen LogP contribution in [0.4, 0.5) is 8.78 Å². The summed E-state index contributed by atoms with van der Waals surface area (Å²) in [4.78, 5) is 7.35. The number of halogens is 2. The molecular formula is C16H10F2N2. The molecule has 1 aromatic carbocycles. The summed E-state index contributed by atoms with van der Waals surface area (Å²) < 4.78 is 26.2. The molecule has 0 aliphatic heterocycles. The highest BCUT2D eigenvalue weighted by Gasteiger charge is 2.16. The molecule has 98 valence electrons. The summed E-state index contributed by atoms with van der Waals surface area (Å²) in [7, 11) is 0. The molecule has 2 aromatic heterocycles. The summed E-state index contributed by atoms with van der Waals surface area (Å²) >= 11 is 0. The lowest BCUT2D eigenvalue weighted by Crippen LogP contribution is -1.90. The lowest BCUT2D eigenvalue weighted by Gasteiger charge is -2.07. The molecule has 0 aliphatic rings. The van der Waals surface area contributed by atoms with Crippen molar-refractivity contribution in [3.05, 3.63) is 53.9 Å². The molecule has 0 fully saturated rings. The van der Waals surface area contributed by atoms with E-state index in [1.165, 1.54) is 6.07 Å². The van der Waals surface area contributed by atoms with Gasteiger partial charge >= 0.3 is 0 Å². The van der Waals surface area contributed by atoms with Crippen molar-refractivity contribution < 1.29 is 8.78 Å². The van der Waals surface area contributed by atoms with Gasteiger partial charge in [0.2, 0.25) is 0 Å². The zero-order valence-corrected chi connectivity index (χ0v) is 10.4. The second kappa shape index (κ2) is 4.78. The van der Waals surface area contributed by atoms with Crippen LogP contribution in [-0.4, -0.2) is 9.97 Å². The molecular weight excluding hydrogens is 258 g/mol. The summed E-state index contributed by atoms with van der Waals surface area (Å²) in [6.45, 7) is 0. The number of aromatic nitrogens is 2. The van der Waals surface area contributed by atoms with Gasteiger partial charge in [0.05, 0.1) is 11.0 Å². The zero-order valence-electron chi connectivity index (χ0n) is 10.4. The molecule has 0 bridgehead atoms. The van der Waals surface area contributed by atoms with Crippen LogP contribution in [0.15, 0.2) is 42.6 Å². The number of aromatic amines is 1. The van der Waals surface area contributed by atoms with Gasteiger partial charge in [0, 0.05) is 17.3 Å². The van der Waals surface area contributed by atoms with E-state index in [1.807, 2.05) is 0 Å². The number of terminal acetylenes is 1. The molecule has 0 spiro atoms. The van der Waals surface area contributed by atoms with Gasteiger partial charge in [-0.1, -0.05) is 30.2 Å². The van der Waals surface area contributed by atoms with E-state index in [-0.39, 0.29) is 5.56 Å². The van der Waals surface area contributed by atoms with E-state index >= 15 is 0 Å². The largest absolute Gasteiger partial charge is 0.359 e. The Morgan fingerprint density at radius 1 is 1.10 bits per heavy atom. The van der Waals surface area contributed by atoms with Crippen LogP contribution >= 0.6 is 0 Å². The molecule has 2 heterocycles. The topological polar surface area (TPSA) is 28.7 Å². The Balaban J connectivity index is 2.28. The van der Waals surface area contributed by atoms with E-state index in [4.69, 9.17) is 6.42 Å². The fraction of sp³-hybridized carbons (Fsp3) is 0.0625. The summed E-state index contributed by atoms with van der Waals surface area (Å²) in [5.74, 6) is 2.45. The van der Waals surface area contributed by atoms with Gasteiger partial charge in [-0.2, -0.15) is 0 Å². The normalized spacial score (nSPS) is 10.9. The molecule has 20 heavy (non-hydrogen) atoms. The quantitative estimate of drug-likeness (QED) is 0.695. The maximum Gasteiger partial charge on any atom is 0.264 e. The number of nitrogens with one attached hydrogen (secondary N) is 1. The molecule has 0 aliphatic carbocycles. The van der Waals surface area contributed by atoms with Gasteiger partial charge in [0.25, 0.3) is 6.43 Å². The number of fused-ring (bicyclic) bond motifs is 1. The third-order valence-electron chi connectivity index (χ3n) is 3.16. The highest BCUT2D eigenvalue weighted by atomic mass is 19.3. The summed E-state index contributed by atoms with van der Waals surface area (Å²) in [6, 6.07) is 9.91. The first kappa shape index (κ1) is 12.4. The van der Waals surface area contributed by atoms with Crippen molar-refractivity contribution in [1.82, 2.24) is 9.97 Å². The van der Waals surface area contributed by atoms with Crippen LogP contribution in [-0.2, 0) is 0 Å². The second-order valence-corrected chi connectivity index (χ2v) is 4.33. The average Bonchev–Trinajstić information content (AvgIpc) is 2.89. The molecule has 0 saturated carbocycles. The number of nitrogens with zero attached hydrogens (tertiary/aromatic N) is 1. The van der Waals surface area contributed by atoms with Crippen molar-refractivity contribution in [3.8, 4) is 23.5 Å². The van der Waals surface area contributed by atoms with Crippen LogP contribution in [0.2, 0.25) is 0 Å². The SMILES string of the molecule is C#Cc1ccc2[nH]cc(-c3ccccc3C(F)F)c2n1. The maximum atomic E-state index is 13.1. The van der Waals surface area contributed by atoms with Gasteiger partial charge in [-0.3, -0.25) is 0 Å². The number of H-pyrrole nitrogens is 1. The summed E-state index contributed by atoms with van der Waals surface area (Å²) in [5, 5.41) is 0. The van der Waals surface area contributed by atoms with Gasteiger partial charge < -0.3 is 4.98 Å². The number of alkyl halides is 2. The smallest absolute Gasteiger partial charge is 0.264 e. The third-order valence-corrected chi connectivity index (χ3v) is 3.16. The van der Waals surface area contributed by atoms with Gasteiger partial charge in [0.1, 0.15) is 5.69 Å². The first-order valence-corrected chi connectivity index (χ1v) is 6.03. The second-order valence-electron chi connectivity index (χ2n) is 4.33. The standard InChI is InChI=1S/C16H10F2N2/c1-2-10-7-8-14-15(20-10)13(9-19-14)11-5-3-4-6-12(11)16(17)18/h1,3-9,16,19H. The van der Waals surface area contributed by atoms with E-state index < -0.39 is 6.43 Å². The predicted octanol–water partition coefficient (Wildman–Crippen LogP) is 4.15. The van der Waals surface area contributed by atoms with E-state index in [9.17, 15) is 8.78 Å². The molecule has 3 aromatic rings. The Kier molecular flexibility index (Phi) is 2.96. The minimum atomic E-state index is -2.54. The van der Waals surface area contributed by atoms with Crippen LogP contribution in [0.3, 0.4) is 0 Å². The number of hydrogen-bond acceptors (Lipinski definition) is 1. The number of benzene rings is 1. The average molecular weight is 268 g/mol. The van der Waals surface area contributed by atoms with Gasteiger partial charge in [-0.05, 0) is 17.7 Å². The Labute approximate surface area is 114 Å². The Morgan fingerprint density at radius 3 is 2.65 bits per heavy atom. The third kappa shape index (κ3) is 1.94. The minimum absolute atomic E-state index is 0.0127. The monoisotopic (exact) mass is 268 g/mol. The molecule has 0 radical (unpaired) electrons. The molecule has 2 nitrogen and oxygen atoms in total. The van der Waals surface area contributed by atoms with Crippen LogP contribution < -0.4 is 0 Å². The fourth-order valence-electron chi connectivity index (χ4n) is 2.22. The van der Waals surface area contributed by atoms with Crippen molar-refractivity contribution in [3.63, 3.8) is 0 Å². The van der Waals surface area contributed by atoms with Crippen molar-refractivity contribution in [1.29, 1.82) is 0 Å². The fourth-order valence-corrected chi connectivity index (χ4v) is 2.22. The molecule has 0 saturated heterocycles. The van der Waals surface area contributed by atoms with Crippen LogP contribution in [0.1, 0.15) is 17.7 Å². The van der Waals surface area contributed by atoms with Crippen molar-refractivity contribution >= 4 is 11.0 Å². The molecule has 1 N–H and O–H groups in total. The van der Waals surface area contributed by atoms with E-state index in [2.05, 4.69) is 15.9 Å². The first-order chi connectivity index (χ1) is 9.70. The highest BCUT2D eigenvalue weighted by Crippen LogP contribution is 2.34. The van der Waals surface area contributed by atoms with Crippen molar-refractivity contribution in [2.24, 2.45) is 0 Å². The molecule has 0 amide bonds. The van der Waals surface area contributed by atoms with Gasteiger partial charge in [-0.25, -0.2) is 13.8 Å². The zero-order chi connectivity index (χ0) is 14.1. The van der Waals surface area contributed by atoms with Gasteiger partial charge in [-0.15, -0.1) is 6.42 Å². The van der Waals surface area contributed by atoms with E-state index in [0.717, 1.165) is 5.52 Å². The Hall–Kier alpha value is -2.67. The Morgan fingerprint density at radius 2 is 1.90 bits per heavy atom. The van der Waals surface area contributed by atoms with Crippen molar-refractivity contribution in [2.45, 2.75) is 6.43 Å². The van der Waals surface area contributed by atoms with Crippen LogP contribution in [0, 0.1) is 12.3 Å². The minimum Gasteiger partial charge on any atom is -0.359 e. The van der Waals surface area contributed by atoms with E-state index in [0.29, 0.717) is 22.3 Å². The summed E-state index contributed by atoms with van der Waals surface area (Å²) in [5.41, 5.74) is 2.94. The highest BCUT2D eigenvalue weighted by molar-refractivity contribution is 5.93. The van der Waals surface area contributed by atoms with Gasteiger partial charge in [0.15, 0.2) is 0 Å².